The van der Waals surface area contributed by atoms with Gasteiger partial charge in [0.25, 0.3) is 0 Å². The summed E-state index contributed by atoms with van der Waals surface area (Å²) in [6, 6.07) is 0. The molecular weight excluding hydrogens is 624 g/mol. The second-order valence-corrected chi connectivity index (χ2v) is 14.7. The number of carbonyl (C=O) groups excluding carboxylic acids is 2. The lowest BCUT2D eigenvalue weighted by atomic mass is 9.68. The molecule has 2 fully saturated rings. The summed E-state index contributed by atoms with van der Waals surface area (Å²) in [5.41, 5.74) is 0.746. The van der Waals surface area contributed by atoms with E-state index < -0.39 is 72.0 Å². The number of aliphatic hydroxyl groups is 4. The van der Waals surface area contributed by atoms with E-state index in [-0.39, 0.29) is 43.3 Å². The zero-order valence-corrected chi connectivity index (χ0v) is 29.6. The van der Waals surface area contributed by atoms with E-state index in [1.807, 2.05) is 20.8 Å². The van der Waals surface area contributed by atoms with Crippen LogP contribution in [0.1, 0.15) is 67.7 Å². The minimum absolute atomic E-state index is 0.0190. The molecule has 1 saturated carbocycles. The Bertz CT molecular complexity index is 1240. The molecule has 0 aromatic heterocycles. The Hall–Kier alpha value is -2.16. The fraction of sp³-hybridized carbons (Fsp3) is 0.778. The molecule has 0 bridgehead atoms. The number of methoxy groups -OCH3 is 1. The molecule has 4 N–H and O–H groups in total. The second-order valence-electron chi connectivity index (χ2n) is 14.7. The molecule has 4 rings (SSSR count). The number of aliphatic hydroxyl groups excluding tert-OH is 4. The van der Waals surface area contributed by atoms with Gasteiger partial charge in [-0.3, -0.25) is 9.59 Å². The molecule has 0 aromatic carbocycles. The molecule has 0 amide bonds. The molecule has 12 heteroatoms. The number of rotatable bonds is 12. The van der Waals surface area contributed by atoms with Crippen LogP contribution in [0, 0.1) is 29.1 Å². The molecular formula is C36H56O12. The lowest BCUT2D eigenvalue weighted by molar-refractivity contribution is -0.320. The molecule has 1 aliphatic heterocycles. The Balaban J connectivity index is 1.82. The lowest BCUT2D eigenvalue weighted by Crippen LogP contribution is -2.62. The first kappa shape index (κ1) is 38.6. The Labute approximate surface area is 284 Å². The van der Waals surface area contributed by atoms with Gasteiger partial charge in [-0.1, -0.05) is 37.1 Å². The highest BCUT2D eigenvalue weighted by atomic mass is 16.7. The molecule has 0 spiro atoms. The Morgan fingerprint density at radius 3 is 2.40 bits per heavy atom. The number of hydrogen-bond acceptors (Lipinski definition) is 12. The molecule has 0 radical (unpaired) electrons. The summed E-state index contributed by atoms with van der Waals surface area (Å²) < 4.78 is 35.1. The largest absolute Gasteiger partial charge is 0.465 e. The predicted octanol–water partition coefficient (Wildman–Crippen LogP) is 2.61. The Morgan fingerprint density at radius 2 is 1.79 bits per heavy atom. The van der Waals surface area contributed by atoms with Crippen molar-refractivity contribution in [2.45, 2.75) is 122 Å². The molecule has 3 aliphatic carbocycles. The minimum atomic E-state index is -1.63. The number of esters is 2. The highest BCUT2D eigenvalue weighted by molar-refractivity contribution is 5.66. The van der Waals surface area contributed by atoms with E-state index in [0.29, 0.717) is 12.2 Å². The van der Waals surface area contributed by atoms with E-state index in [9.17, 15) is 30.0 Å². The van der Waals surface area contributed by atoms with E-state index in [4.69, 9.17) is 28.4 Å². The van der Waals surface area contributed by atoms with Crippen molar-refractivity contribution in [3.05, 3.63) is 35.5 Å². The van der Waals surface area contributed by atoms with Crippen molar-refractivity contribution in [1.82, 2.24) is 0 Å². The van der Waals surface area contributed by atoms with Crippen LogP contribution in [-0.4, -0.2) is 114 Å². The van der Waals surface area contributed by atoms with Crippen LogP contribution in [0.15, 0.2) is 35.5 Å². The van der Waals surface area contributed by atoms with Gasteiger partial charge in [0.1, 0.15) is 24.4 Å². The molecule has 12 nitrogen and oxygen atoms in total. The van der Waals surface area contributed by atoms with Crippen LogP contribution in [0.2, 0.25) is 0 Å². The van der Waals surface area contributed by atoms with Gasteiger partial charge in [0, 0.05) is 38.2 Å². The van der Waals surface area contributed by atoms with Gasteiger partial charge in [-0.25, -0.2) is 0 Å². The van der Waals surface area contributed by atoms with Crippen molar-refractivity contribution in [2.75, 3.05) is 26.9 Å². The summed E-state index contributed by atoms with van der Waals surface area (Å²) in [5, 5.41) is 46.7. The first-order valence-corrected chi connectivity index (χ1v) is 17.0. The van der Waals surface area contributed by atoms with Gasteiger partial charge in [-0.05, 0) is 57.4 Å². The summed E-state index contributed by atoms with van der Waals surface area (Å²) in [5.74, 6) is -1.70. The number of hydrogen-bond donors (Lipinski definition) is 4. The lowest BCUT2D eigenvalue weighted by Gasteiger charge is -2.47. The van der Waals surface area contributed by atoms with E-state index in [0.717, 1.165) is 24.0 Å². The summed E-state index contributed by atoms with van der Waals surface area (Å²) in [6.45, 7) is 16.0. The first-order valence-electron chi connectivity index (χ1n) is 17.0. The van der Waals surface area contributed by atoms with Gasteiger partial charge in [-0.15, -0.1) is 6.58 Å². The van der Waals surface area contributed by atoms with Crippen LogP contribution in [0.4, 0.5) is 0 Å². The maximum atomic E-state index is 12.3. The quantitative estimate of drug-likeness (QED) is 0.176. The number of ether oxygens (including phenoxy) is 6. The van der Waals surface area contributed by atoms with Crippen LogP contribution in [-0.2, 0) is 38.0 Å². The molecule has 13 atom stereocenters. The van der Waals surface area contributed by atoms with Crippen LogP contribution >= 0.6 is 0 Å². The number of carbonyl (C=O) groups is 2. The van der Waals surface area contributed by atoms with Crippen molar-refractivity contribution in [1.29, 1.82) is 0 Å². The van der Waals surface area contributed by atoms with Crippen LogP contribution in [0.25, 0.3) is 0 Å². The van der Waals surface area contributed by atoms with Crippen LogP contribution in [0.5, 0.6) is 0 Å². The van der Waals surface area contributed by atoms with Gasteiger partial charge in [0.15, 0.2) is 12.4 Å². The van der Waals surface area contributed by atoms with Gasteiger partial charge in [0.2, 0.25) is 0 Å². The third kappa shape index (κ3) is 7.91. The average Bonchev–Trinajstić information content (AvgIpc) is 3.52. The van der Waals surface area contributed by atoms with Crippen molar-refractivity contribution < 1.29 is 58.4 Å². The van der Waals surface area contributed by atoms with Crippen molar-refractivity contribution in [3.8, 4) is 0 Å². The highest BCUT2D eigenvalue weighted by Gasteiger charge is 2.56. The maximum Gasteiger partial charge on any atom is 0.303 e. The summed E-state index contributed by atoms with van der Waals surface area (Å²) in [4.78, 5) is 23.8. The second kappa shape index (κ2) is 15.4. The van der Waals surface area contributed by atoms with E-state index in [1.165, 1.54) is 13.8 Å². The van der Waals surface area contributed by atoms with Crippen molar-refractivity contribution in [2.24, 2.45) is 29.1 Å². The van der Waals surface area contributed by atoms with E-state index in [2.05, 4.69) is 12.7 Å². The van der Waals surface area contributed by atoms with Gasteiger partial charge < -0.3 is 48.8 Å². The van der Waals surface area contributed by atoms with Crippen molar-refractivity contribution in [3.63, 3.8) is 0 Å². The fourth-order valence-corrected chi connectivity index (χ4v) is 7.88. The minimum Gasteiger partial charge on any atom is -0.465 e. The zero-order chi connectivity index (χ0) is 35.7. The maximum absolute atomic E-state index is 12.3. The van der Waals surface area contributed by atoms with E-state index >= 15 is 0 Å². The molecule has 272 valence electrons. The van der Waals surface area contributed by atoms with Crippen LogP contribution < -0.4 is 0 Å². The molecule has 0 unspecified atom stereocenters. The fourth-order valence-electron chi connectivity index (χ4n) is 7.88. The molecule has 0 aromatic rings. The topological polar surface area (TPSA) is 170 Å². The van der Waals surface area contributed by atoms with E-state index in [1.54, 1.807) is 27.0 Å². The van der Waals surface area contributed by atoms with Gasteiger partial charge in [-0.2, -0.15) is 0 Å². The monoisotopic (exact) mass is 680 g/mol. The zero-order valence-electron chi connectivity index (χ0n) is 29.6. The first-order chi connectivity index (χ1) is 22.4. The summed E-state index contributed by atoms with van der Waals surface area (Å²) in [6.07, 6.45) is -4.54. The van der Waals surface area contributed by atoms with Crippen molar-refractivity contribution >= 4 is 11.9 Å². The third-order valence-electron chi connectivity index (χ3n) is 10.8. The normalized spacial score (nSPS) is 40.2. The third-order valence-corrected chi connectivity index (χ3v) is 10.8. The highest BCUT2D eigenvalue weighted by Crippen LogP contribution is 2.56. The Kier molecular flexibility index (Phi) is 12.4. The molecule has 1 heterocycles. The smallest absolute Gasteiger partial charge is 0.303 e. The average molecular weight is 681 g/mol. The van der Waals surface area contributed by atoms with Crippen LogP contribution in [0.3, 0.4) is 0 Å². The predicted molar refractivity (Wildman–Crippen MR) is 174 cm³/mol. The standard InChI is InChI=1S/C36H56O12/c1-10-35(6,7)45-17-26-30(41)33(46-21(5)38)31(42)34(47-26)48-32-28-24(18(2)15-44-20(4)37)13-27(39)36(28,8)14-25-22(16-43-9)11-12-23(25)19(3)29(32)40/h10,14,18-19,22-23,26-27,29-34,39-42H,1,11-13,15-17H2,2-9H3/b25-14+/t18-,19-,22-,23+,26-,27+,29-,30-,31-,32-,33+,34-,36+/m1/s1. The Morgan fingerprint density at radius 1 is 1.10 bits per heavy atom. The van der Waals surface area contributed by atoms with Gasteiger partial charge in [0.05, 0.1) is 37.6 Å². The SMILES string of the molecule is C=CC(C)(C)OC[C@H]1O[C@H](O[C@@H]2C3=C([C@H](C)COC(C)=O)C[C@H](O)[C@]3(C)/C=C3\[C@@H](COC)CC[C@H]3[C@@H](C)[C@H]2O)[C@H](O)[C@@H](OC(C)=O)[C@@H]1O. The molecule has 48 heavy (non-hydrogen) atoms. The van der Waals surface area contributed by atoms with Gasteiger partial charge >= 0.3 is 11.9 Å². The summed E-state index contributed by atoms with van der Waals surface area (Å²) in [7, 11) is 1.66. The molecule has 1 saturated heterocycles. The number of fused-ring (bicyclic) bond motifs is 2. The summed E-state index contributed by atoms with van der Waals surface area (Å²) >= 11 is 0. The molecule has 4 aliphatic rings.